The van der Waals surface area contributed by atoms with Crippen LogP contribution in [0.5, 0.6) is 0 Å². The number of para-hydroxylation sites is 1. The highest BCUT2D eigenvalue weighted by Crippen LogP contribution is 2.31. The van der Waals surface area contributed by atoms with Crippen LogP contribution in [0.4, 0.5) is 5.69 Å². The van der Waals surface area contributed by atoms with Crippen molar-refractivity contribution in [2.75, 3.05) is 5.32 Å². The molecular formula is C27H32N4O. The van der Waals surface area contributed by atoms with Crippen LogP contribution in [0, 0.1) is 12.3 Å². The maximum atomic E-state index is 12.6. The lowest BCUT2D eigenvalue weighted by Gasteiger charge is -2.31. The Labute approximate surface area is 190 Å². The van der Waals surface area contributed by atoms with Crippen molar-refractivity contribution in [3.05, 3.63) is 47.8 Å². The number of carbonyl (C=O) groups excluding carboxylic acids is 1. The van der Waals surface area contributed by atoms with Crippen molar-refractivity contribution in [3.8, 4) is 12.3 Å². The molecule has 1 aromatic carbocycles. The number of hydrogen-bond acceptors (Lipinski definition) is 4. The van der Waals surface area contributed by atoms with E-state index in [-0.39, 0.29) is 17.4 Å². The first-order valence-electron chi connectivity index (χ1n) is 11.6. The number of hydrogen-bond donors (Lipinski definition) is 2. The monoisotopic (exact) mass is 428 g/mol. The Bertz CT molecular complexity index is 1110. The number of nitrogens with zero attached hydrogens (tertiary/aromatic N) is 2. The smallest absolute Gasteiger partial charge is 0.269 e. The van der Waals surface area contributed by atoms with Crippen LogP contribution in [0.3, 0.4) is 0 Å². The predicted molar refractivity (Wildman–Crippen MR) is 132 cm³/mol. The third-order valence-corrected chi connectivity index (χ3v) is 6.28. The van der Waals surface area contributed by atoms with Gasteiger partial charge in [0.2, 0.25) is 0 Å². The summed E-state index contributed by atoms with van der Waals surface area (Å²) in [5.41, 5.74) is 4.37. The fourth-order valence-corrected chi connectivity index (χ4v) is 4.38. The molecule has 2 aromatic rings. The number of terminal acetylenes is 1. The van der Waals surface area contributed by atoms with E-state index in [4.69, 9.17) is 11.4 Å². The third kappa shape index (κ3) is 5.02. The molecule has 1 aromatic heterocycles. The van der Waals surface area contributed by atoms with Crippen LogP contribution in [-0.2, 0) is 10.2 Å². The number of nitrogens with one attached hydrogen (secondary N) is 2. The zero-order valence-corrected chi connectivity index (χ0v) is 19.2. The molecule has 1 aliphatic heterocycles. The second-order valence-corrected chi connectivity index (χ2v) is 9.82. The summed E-state index contributed by atoms with van der Waals surface area (Å²) in [6.45, 7) is 6.58. The molecule has 5 heteroatoms. The summed E-state index contributed by atoms with van der Waals surface area (Å²) in [4.78, 5) is 21.8. The van der Waals surface area contributed by atoms with Gasteiger partial charge in [0, 0.05) is 40.7 Å². The van der Waals surface area contributed by atoms with E-state index < -0.39 is 0 Å². The number of benzene rings is 1. The van der Waals surface area contributed by atoms with E-state index in [0.29, 0.717) is 17.5 Å². The molecule has 32 heavy (non-hydrogen) atoms. The number of pyridine rings is 1. The molecule has 0 bridgehead atoms. The fourth-order valence-electron chi connectivity index (χ4n) is 4.38. The van der Waals surface area contributed by atoms with Gasteiger partial charge in [-0.15, -0.1) is 6.42 Å². The van der Waals surface area contributed by atoms with Gasteiger partial charge in [-0.2, -0.15) is 0 Å². The summed E-state index contributed by atoms with van der Waals surface area (Å²) in [6, 6.07) is 11.1. The van der Waals surface area contributed by atoms with Gasteiger partial charge in [-0.1, -0.05) is 51.0 Å². The van der Waals surface area contributed by atoms with Gasteiger partial charge in [0.05, 0.1) is 11.2 Å². The third-order valence-electron chi connectivity index (χ3n) is 6.28. The fraction of sp³-hybridized carbons (Fsp3) is 0.444. The maximum absolute atomic E-state index is 12.6. The quantitative estimate of drug-likeness (QED) is 0.664. The lowest BCUT2D eigenvalue weighted by atomic mass is 9.89. The Balaban J connectivity index is 1.40. The van der Waals surface area contributed by atoms with Gasteiger partial charge >= 0.3 is 0 Å². The van der Waals surface area contributed by atoms with Crippen LogP contribution >= 0.6 is 0 Å². The molecule has 5 nitrogen and oxygen atoms in total. The van der Waals surface area contributed by atoms with E-state index in [1.807, 2.05) is 12.1 Å². The average molecular weight is 429 g/mol. The van der Waals surface area contributed by atoms with Gasteiger partial charge < -0.3 is 10.6 Å². The summed E-state index contributed by atoms with van der Waals surface area (Å²) >= 11 is 0. The number of anilines is 1. The number of allylic oxidation sites excluding steroid dienone is 1. The second kappa shape index (κ2) is 9.16. The van der Waals surface area contributed by atoms with Gasteiger partial charge in [-0.05, 0) is 44.2 Å². The van der Waals surface area contributed by atoms with Crippen LogP contribution in [0.2, 0.25) is 0 Å². The number of carbonyl (C=O) groups is 1. The standard InChI is InChI=1S/C27H32N4O/c1-5-18-9-8-12-23(28-18)26(32)30-20-15-13-19(14-16-20)29-24-17-25(27(2,3)4)31-22-11-7-6-10-21(22)24/h1,6-7,10-12,17,19-20H,8-9,13-16H2,2-4H3,(H,29,31)(H,30,32). The Morgan fingerprint density at radius 1 is 1.12 bits per heavy atom. The van der Waals surface area contributed by atoms with Gasteiger partial charge in [0.25, 0.3) is 5.91 Å². The summed E-state index contributed by atoms with van der Waals surface area (Å²) in [5, 5.41) is 8.09. The molecule has 1 amide bonds. The lowest BCUT2D eigenvalue weighted by Crippen LogP contribution is -2.40. The van der Waals surface area contributed by atoms with Crippen molar-refractivity contribution in [2.45, 2.75) is 76.8 Å². The van der Waals surface area contributed by atoms with Crippen LogP contribution < -0.4 is 10.6 Å². The molecule has 0 saturated heterocycles. The van der Waals surface area contributed by atoms with E-state index in [9.17, 15) is 4.79 Å². The molecular weight excluding hydrogens is 396 g/mol. The zero-order chi connectivity index (χ0) is 22.7. The maximum Gasteiger partial charge on any atom is 0.269 e. The number of rotatable bonds is 4. The summed E-state index contributed by atoms with van der Waals surface area (Å²) in [6.07, 6.45) is 12.7. The zero-order valence-electron chi connectivity index (χ0n) is 19.2. The van der Waals surface area contributed by atoms with Gasteiger partial charge in [-0.25, -0.2) is 4.99 Å². The molecule has 0 atom stereocenters. The lowest BCUT2D eigenvalue weighted by molar-refractivity contribution is -0.118. The van der Waals surface area contributed by atoms with Crippen molar-refractivity contribution in [3.63, 3.8) is 0 Å². The molecule has 166 valence electrons. The molecule has 1 fully saturated rings. The average Bonchev–Trinajstić information content (AvgIpc) is 2.79. The van der Waals surface area contributed by atoms with E-state index in [0.717, 1.165) is 60.8 Å². The SMILES string of the molecule is C#CC1=NC(C(=O)NC2CCC(Nc3cc(C(C)(C)C)nc4ccccc34)CC2)=CCC1. The molecule has 1 saturated carbocycles. The largest absolute Gasteiger partial charge is 0.382 e. The van der Waals surface area contributed by atoms with Crippen LogP contribution in [0.1, 0.15) is 65.0 Å². The van der Waals surface area contributed by atoms with Crippen molar-refractivity contribution in [2.24, 2.45) is 4.99 Å². The van der Waals surface area contributed by atoms with Gasteiger partial charge in [0.15, 0.2) is 0 Å². The number of amides is 1. The first-order valence-corrected chi connectivity index (χ1v) is 11.6. The highest BCUT2D eigenvalue weighted by Gasteiger charge is 2.25. The highest BCUT2D eigenvalue weighted by molar-refractivity contribution is 6.05. The van der Waals surface area contributed by atoms with Gasteiger partial charge in [-0.3, -0.25) is 9.78 Å². The summed E-state index contributed by atoms with van der Waals surface area (Å²) in [5.74, 6) is 2.46. The van der Waals surface area contributed by atoms with Crippen LogP contribution in [0.15, 0.2) is 47.1 Å². The molecule has 1 aliphatic carbocycles. The van der Waals surface area contributed by atoms with Crippen molar-refractivity contribution in [1.29, 1.82) is 0 Å². The summed E-state index contributed by atoms with van der Waals surface area (Å²) in [7, 11) is 0. The molecule has 2 aliphatic rings. The predicted octanol–water partition coefficient (Wildman–Crippen LogP) is 5.12. The number of aromatic nitrogens is 1. The first-order chi connectivity index (χ1) is 15.3. The minimum absolute atomic E-state index is 0.0159. The summed E-state index contributed by atoms with van der Waals surface area (Å²) < 4.78 is 0. The Kier molecular flexibility index (Phi) is 6.32. The molecule has 4 rings (SSSR count). The van der Waals surface area contributed by atoms with Crippen LogP contribution in [-0.4, -0.2) is 28.7 Å². The Morgan fingerprint density at radius 3 is 2.56 bits per heavy atom. The van der Waals surface area contributed by atoms with E-state index in [1.165, 1.54) is 0 Å². The van der Waals surface area contributed by atoms with Crippen molar-refractivity contribution >= 4 is 28.2 Å². The van der Waals surface area contributed by atoms with E-state index in [1.54, 1.807) is 0 Å². The van der Waals surface area contributed by atoms with Crippen molar-refractivity contribution < 1.29 is 4.79 Å². The first kappa shape index (κ1) is 22.1. The molecule has 0 unspecified atom stereocenters. The number of aliphatic imine (C=N–C) groups is 1. The molecule has 2 N–H and O–H groups in total. The Hall–Kier alpha value is -3.13. The van der Waals surface area contributed by atoms with E-state index in [2.05, 4.69) is 66.6 Å². The molecule has 0 spiro atoms. The Morgan fingerprint density at radius 2 is 1.84 bits per heavy atom. The minimum atomic E-state index is -0.108. The van der Waals surface area contributed by atoms with Crippen molar-refractivity contribution in [1.82, 2.24) is 10.3 Å². The second-order valence-electron chi connectivity index (χ2n) is 9.82. The number of fused-ring (bicyclic) bond motifs is 1. The van der Waals surface area contributed by atoms with Crippen LogP contribution in [0.25, 0.3) is 10.9 Å². The molecule has 0 radical (unpaired) electrons. The van der Waals surface area contributed by atoms with E-state index >= 15 is 0 Å². The highest BCUT2D eigenvalue weighted by atomic mass is 16.2. The topological polar surface area (TPSA) is 66.4 Å². The normalized spacial score (nSPS) is 21.3. The van der Waals surface area contributed by atoms with Gasteiger partial charge in [0.1, 0.15) is 5.70 Å². The minimum Gasteiger partial charge on any atom is -0.382 e. The molecule has 2 heterocycles.